The molecule has 1 aliphatic heterocycles. The molecule has 1 aromatic rings. The number of halogens is 1. The number of hydrogen-bond acceptors (Lipinski definition) is 4. The molecule has 2 rings (SSSR count). The zero-order chi connectivity index (χ0) is 13.3. The van der Waals surface area contributed by atoms with Gasteiger partial charge in [-0.1, -0.05) is 13.8 Å². The normalized spacial score (nSPS) is 17.4. The summed E-state index contributed by atoms with van der Waals surface area (Å²) in [7, 11) is 0. The van der Waals surface area contributed by atoms with E-state index in [4.69, 9.17) is 5.11 Å². The molecule has 5 nitrogen and oxygen atoms in total. The van der Waals surface area contributed by atoms with Gasteiger partial charge in [0, 0.05) is 19.0 Å². The van der Waals surface area contributed by atoms with Gasteiger partial charge in [0.2, 0.25) is 0 Å². The summed E-state index contributed by atoms with van der Waals surface area (Å²) < 4.78 is 14.2. The quantitative estimate of drug-likeness (QED) is 0.883. The third-order valence-corrected chi connectivity index (χ3v) is 3.41. The zero-order valence-corrected chi connectivity index (χ0v) is 10.4. The SMILES string of the molecule is CCC(C)c1ncnc(N2CC(C(=O)O)C2)c1F. The number of hydrogen-bond donors (Lipinski definition) is 1. The summed E-state index contributed by atoms with van der Waals surface area (Å²) >= 11 is 0. The summed E-state index contributed by atoms with van der Waals surface area (Å²) in [4.78, 5) is 20.2. The molecule has 1 fully saturated rings. The van der Waals surface area contributed by atoms with Crippen LogP contribution in [0, 0.1) is 11.7 Å². The number of carboxylic acids is 1. The summed E-state index contributed by atoms with van der Waals surface area (Å²) in [6.07, 6.45) is 2.14. The number of aliphatic carboxylic acids is 1. The van der Waals surface area contributed by atoms with Crippen molar-refractivity contribution in [3.63, 3.8) is 0 Å². The van der Waals surface area contributed by atoms with E-state index in [1.165, 1.54) is 6.33 Å². The van der Waals surface area contributed by atoms with E-state index in [1.807, 2.05) is 13.8 Å². The van der Waals surface area contributed by atoms with Gasteiger partial charge < -0.3 is 10.0 Å². The Labute approximate surface area is 105 Å². The summed E-state index contributed by atoms with van der Waals surface area (Å²) in [5, 5.41) is 8.79. The lowest BCUT2D eigenvalue weighted by Crippen LogP contribution is -2.51. The molecule has 18 heavy (non-hydrogen) atoms. The van der Waals surface area contributed by atoms with Crippen LogP contribution in [0.1, 0.15) is 31.9 Å². The first-order chi connectivity index (χ1) is 8.54. The van der Waals surface area contributed by atoms with Crippen LogP contribution in [0.4, 0.5) is 10.2 Å². The van der Waals surface area contributed by atoms with Gasteiger partial charge in [0.1, 0.15) is 6.33 Å². The largest absolute Gasteiger partial charge is 0.481 e. The Kier molecular flexibility index (Phi) is 3.45. The highest BCUT2D eigenvalue weighted by molar-refractivity contribution is 5.74. The topological polar surface area (TPSA) is 66.3 Å². The molecule has 0 aromatic carbocycles. The van der Waals surface area contributed by atoms with Crippen LogP contribution in [0.3, 0.4) is 0 Å². The summed E-state index contributed by atoms with van der Waals surface area (Å²) in [5.74, 6) is -1.44. The van der Waals surface area contributed by atoms with Crippen LogP contribution in [0.25, 0.3) is 0 Å². The van der Waals surface area contributed by atoms with Gasteiger partial charge >= 0.3 is 5.97 Å². The molecule has 1 aromatic heterocycles. The number of carboxylic acid groups (broad SMARTS) is 1. The van der Waals surface area contributed by atoms with E-state index < -0.39 is 17.7 Å². The summed E-state index contributed by atoms with van der Waals surface area (Å²) in [6, 6.07) is 0. The van der Waals surface area contributed by atoms with E-state index in [-0.39, 0.29) is 11.7 Å². The first-order valence-electron chi connectivity index (χ1n) is 6.02. The van der Waals surface area contributed by atoms with Crippen molar-refractivity contribution in [2.45, 2.75) is 26.2 Å². The van der Waals surface area contributed by atoms with Gasteiger partial charge in [-0.05, 0) is 6.42 Å². The highest BCUT2D eigenvalue weighted by Crippen LogP contribution is 2.29. The molecule has 1 unspecified atom stereocenters. The van der Waals surface area contributed by atoms with Crippen LogP contribution in [-0.2, 0) is 4.79 Å². The van der Waals surface area contributed by atoms with Gasteiger partial charge in [0.05, 0.1) is 11.6 Å². The molecule has 1 aliphatic rings. The molecule has 2 heterocycles. The molecule has 0 radical (unpaired) electrons. The molecule has 1 saturated heterocycles. The van der Waals surface area contributed by atoms with Crippen LogP contribution in [0.2, 0.25) is 0 Å². The fraction of sp³-hybridized carbons (Fsp3) is 0.583. The smallest absolute Gasteiger partial charge is 0.310 e. The minimum absolute atomic E-state index is 0.0308. The molecule has 0 bridgehead atoms. The van der Waals surface area contributed by atoms with Crippen molar-refractivity contribution in [3.8, 4) is 0 Å². The lowest BCUT2D eigenvalue weighted by molar-refractivity contribution is -0.142. The first-order valence-corrected chi connectivity index (χ1v) is 6.02. The molecule has 98 valence electrons. The van der Waals surface area contributed by atoms with Gasteiger partial charge in [-0.25, -0.2) is 14.4 Å². The highest BCUT2D eigenvalue weighted by atomic mass is 19.1. The maximum atomic E-state index is 14.2. The average molecular weight is 253 g/mol. The Balaban J connectivity index is 2.18. The van der Waals surface area contributed by atoms with Gasteiger partial charge in [-0.2, -0.15) is 0 Å². The Morgan fingerprint density at radius 2 is 2.28 bits per heavy atom. The molecular weight excluding hydrogens is 237 g/mol. The van der Waals surface area contributed by atoms with E-state index in [2.05, 4.69) is 9.97 Å². The second-order valence-corrected chi connectivity index (χ2v) is 4.65. The molecule has 0 aliphatic carbocycles. The van der Waals surface area contributed by atoms with Gasteiger partial charge in [-0.15, -0.1) is 0 Å². The monoisotopic (exact) mass is 253 g/mol. The predicted molar refractivity (Wildman–Crippen MR) is 64.0 cm³/mol. The number of carbonyl (C=O) groups is 1. The summed E-state index contributed by atoms with van der Waals surface area (Å²) in [6.45, 7) is 4.49. The van der Waals surface area contributed by atoms with Crippen molar-refractivity contribution >= 4 is 11.8 Å². The lowest BCUT2D eigenvalue weighted by Gasteiger charge is -2.37. The second kappa shape index (κ2) is 4.88. The van der Waals surface area contributed by atoms with Gasteiger partial charge in [-0.3, -0.25) is 4.79 Å². The molecule has 0 amide bonds. The van der Waals surface area contributed by atoms with Crippen molar-refractivity contribution in [2.75, 3.05) is 18.0 Å². The Bertz CT molecular complexity index is 461. The number of nitrogens with zero attached hydrogens (tertiary/aromatic N) is 3. The lowest BCUT2D eigenvalue weighted by atomic mass is 9.99. The van der Waals surface area contributed by atoms with Crippen molar-refractivity contribution in [3.05, 3.63) is 17.8 Å². The second-order valence-electron chi connectivity index (χ2n) is 4.65. The fourth-order valence-electron chi connectivity index (χ4n) is 1.94. The van der Waals surface area contributed by atoms with Crippen LogP contribution >= 0.6 is 0 Å². The maximum Gasteiger partial charge on any atom is 0.310 e. The molecule has 1 atom stereocenters. The number of anilines is 1. The van der Waals surface area contributed by atoms with Crippen molar-refractivity contribution in [2.24, 2.45) is 5.92 Å². The van der Waals surface area contributed by atoms with Crippen molar-refractivity contribution < 1.29 is 14.3 Å². The van der Waals surface area contributed by atoms with E-state index in [0.717, 1.165) is 6.42 Å². The number of aromatic nitrogens is 2. The van der Waals surface area contributed by atoms with Crippen LogP contribution in [0.15, 0.2) is 6.33 Å². The molecule has 0 saturated carbocycles. The minimum Gasteiger partial charge on any atom is -0.481 e. The van der Waals surface area contributed by atoms with Crippen LogP contribution < -0.4 is 4.90 Å². The van der Waals surface area contributed by atoms with E-state index in [1.54, 1.807) is 4.90 Å². The van der Waals surface area contributed by atoms with Gasteiger partial charge in [0.25, 0.3) is 0 Å². The van der Waals surface area contributed by atoms with E-state index in [0.29, 0.717) is 18.8 Å². The Morgan fingerprint density at radius 1 is 1.61 bits per heavy atom. The van der Waals surface area contributed by atoms with Crippen molar-refractivity contribution in [1.82, 2.24) is 9.97 Å². The molecule has 1 N–H and O–H groups in total. The Hall–Kier alpha value is -1.72. The fourth-order valence-corrected chi connectivity index (χ4v) is 1.94. The van der Waals surface area contributed by atoms with E-state index >= 15 is 0 Å². The van der Waals surface area contributed by atoms with Crippen molar-refractivity contribution in [1.29, 1.82) is 0 Å². The Morgan fingerprint density at radius 3 is 2.83 bits per heavy atom. The summed E-state index contributed by atoms with van der Waals surface area (Å²) in [5.41, 5.74) is 0.404. The maximum absolute atomic E-state index is 14.2. The third kappa shape index (κ3) is 2.14. The zero-order valence-electron chi connectivity index (χ0n) is 10.4. The van der Waals surface area contributed by atoms with E-state index in [9.17, 15) is 9.18 Å². The molecule has 0 spiro atoms. The van der Waals surface area contributed by atoms with Gasteiger partial charge in [0.15, 0.2) is 11.6 Å². The standard InChI is InChI=1S/C12H16FN3O2/c1-3-7(2)10-9(13)11(15-6-14-10)16-4-8(5-16)12(17)18/h6-8H,3-5H2,1-2H3,(H,17,18). The predicted octanol–water partition coefficient (Wildman–Crippen LogP) is 1.65. The average Bonchev–Trinajstić information content (AvgIpc) is 2.28. The van der Waals surface area contributed by atoms with Crippen LogP contribution in [-0.4, -0.2) is 34.1 Å². The molecule has 6 heteroatoms. The molecular formula is C12H16FN3O2. The third-order valence-electron chi connectivity index (χ3n) is 3.41. The highest BCUT2D eigenvalue weighted by Gasteiger charge is 2.35. The minimum atomic E-state index is -0.845. The first kappa shape index (κ1) is 12.7. The number of rotatable bonds is 4. The van der Waals surface area contributed by atoms with Crippen LogP contribution in [0.5, 0.6) is 0 Å².